The van der Waals surface area contributed by atoms with Crippen LogP contribution in [0.3, 0.4) is 0 Å². The molecule has 18 heavy (non-hydrogen) atoms. The molecule has 3 nitrogen and oxygen atoms in total. The lowest BCUT2D eigenvalue weighted by Gasteiger charge is -2.06. The van der Waals surface area contributed by atoms with Crippen molar-refractivity contribution in [2.24, 2.45) is 0 Å². The van der Waals surface area contributed by atoms with E-state index in [0.717, 1.165) is 29.8 Å². The summed E-state index contributed by atoms with van der Waals surface area (Å²) in [6, 6.07) is 8.17. The molecule has 0 spiro atoms. The third-order valence-corrected chi connectivity index (χ3v) is 3.41. The average molecular weight is 244 g/mol. The van der Waals surface area contributed by atoms with Gasteiger partial charge in [0.1, 0.15) is 0 Å². The Labute approximate surface area is 108 Å². The van der Waals surface area contributed by atoms with Crippen molar-refractivity contribution in [3.8, 4) is 0 Å². The number of nitrogens with zero attached hydrogens (tertiary/aromatic N) is 1. The summed E-state index contributed by atoms with van der Waals surface area (Å²) in [4.78, 5) is 0. The average Bonchev–Trinajstić information content (AvgIpc) is 2.67. The van der Waals surface area contributed by atoms with E-state index in [1.165, 1.54) is 11.1 Å². The van der Waals surface area contributed by atoms with Gasteiger partial charge < -0.3 is 5.11 Å². The monoisotopic (exact) mass is 244 g/mol. The van der Waals surface area contributed by atoms with Crippen LogP contribution in [-0.2, 0) is 12.8 Å². The molecule has 2 aromatic rings. The first-order valence-corrected chi connectivity index (χ1v) is 6.35. The quantitative estimate of drug-likeness (QED) is 0.868. The Morgan fingerprint density at radius 1 is 1.17 bits per heavy atom. The SMILES string of the molecule is Cc1n[nH]c(C)c1CCc1ccc([C@@H](C)O)cc1. The maximum Gasteiger partial charge on any atom is 0.0761 e. The summed E-state index contributed by atoms with van der Waals surface area (Å²) in [5.41, 5.74) is 5.82. The van der Waals surface area contributed by atoms with Gasteiger partial charge in [0, 0.05) is 5.69 Å². The first kappa shape index (κ1) is 12.8. The summed E-state index contributed by atoms with van der Waals surface area (Å²) in [7, 11) is 0. The highest BCUT2D eigenvalue weighted by Gasteiger charge is 2.06. The molecule has 0 radical (unpaired) electrons. The van der Waals surface area contributed by atoms with Crippen LogP contribution in [0, 0.1) is 13.8 Å². The highest BCUT2D eigenvalue weighted by Crippen LogP contribution is 2.16. The molecule has 1 aromatic heterocycles. The second-order valence-corrected chi connectivity index (χ2v) is 4.83. The summed E-state index contributed by atoms with van der Waals surface area (Å²) in [5.74, 6) is 0. The van der Waals surface area contributed by atoms with Gasteiger partial charge in [-0.3, -0.25) is 5.10 Å². The minimum absolute atomic E-state index is 0.391. The number of benzene rings is 1. The number of aromatic amines is 1. The molecule has 0 aliphatic rings. The van der Waals surface area contributed by atoms with Crippen molar-refractivity contribution in [2.75, 3.05) is 0 Å². The number of aliphatic hydroxyl groups is 1. The molecule has 0 aliphatic heterocycles. The van der Waals surface area contributed by atoms with Gasteiger partial charge in [0.15, 0.2) is 0 Å². The predicted octanol–water partition coefficient (Wildman–Crippen LogP) is 2.87. The van der Waals surface area contributed by atoms with E-state index in [2.05, 4.69) is 29.3 Å². The van der Waals surface area contributed by atoms with Crippen LogP contribution < -0.4 is 0 Å². The number of nitrogens with one attached hydrogen (secondary N) is 1. The topological polar surface area (TPSA) is 48.9 Å². The molecule has 0 fully saturated rings. The summed E-state index contributed by atoms with van der Waals surface area (Å²) in [6.45, 7) is 5.88. The Balaban J connectivity index is 2.02. The standard InChI is InChI=1S/C15H20N2O/c1-10-15(11(2)17-16-10)9-6-13-4-7-14(8-5-13)12(3)18/h4-5,7-8,12,18H,6,9H2,1-3H3,(H,16,17)/t12-/m1/s1. The molecule has 1 heterocycles. The number of rotatable bonds is 4. The van der Waals surface area contributed by atoms with Crippen LogP contribution in [0.1, 0.15) is 41.1 Å². The zero-order valence-corrected chi connectivity index (χ0v) is 11.2. The largest absolute Gasteiger partial charge is 0.389 e. The number of aryl methyl sites for hydroxylation is 3. The van der Waals surface area contributed by atoms with Gasteiger partial charge in [0.25, 0.3) is 0 Å². The van der Waals surface area contributed by atoms with Gasteiger partial charge in [0.05, 0.1) is 11.8 Å². The second kappa shape index (κ2) is 5.36. The number of H-pyrrole nitrogens is 1. The van der Waals surface area contributed by atoms with Gasteiger partial charge in [-0.15, -0.1) is 0 Å². The summed E-state index contributed by atoms with van der Waals surface area (Å²) in [5, 5.41) is 16.7. The molecular weight excluding hydrogens is 224 g/mol. The van der Waals surface area contributed by atoms with Crippen molar-refractivity contribution in [1.29, 1.82) is 0 Å². The lowest BCUT2D eigenvalue weighted by molar-refractivity contribution is 0.199. The van der Waals surface area contributed by atoms with E-state index in [4.69, 9.17) is 0 Å². The fourth-order valence-electron chi connectivity index (χ4n) is 2.17. The van der Waals surface area contributed by atoms with Gasteiger partial charge in [0.2, 0.25) is 0 Å². The summed E-state index contributed by atoms with van der Waals surface area (Å²) in [6.07, 6.45) is 1.61. The minimum atomic E-state index is -0.391. The zero-order chi connectivity index (χ0) is 13.1. The Morgan fingerprint density at radius 3 is 2.33 bits per heavy atom. The third-order valence-electron chi connectivity index (χ3n) is 3.41. The predicted molar refractivity (Wildman–Crippen MR) is 72.5 cm³/mol. The molecule has 0 unspecified atom stereocenters. The minimum Gasteiger partial charge on any atom is -0.389 e. The Bertz CT molecular complexity index is 492. The maximum absolute atomic E-state index is 9.46. The maximum atomic E-state index is 9.46. The van der Waals surface area contributed by atoms with Crippen LogP contribution >= 0.6 is 0 Å². The molecule has 0 bridgehead atoms. The van der Waals surface area contributed by atoms with E-state index in [1.807, 2.05) is 19.1 Å². The molecule has 96 valence electrons. The van der Waals surface area contributed by atoms with E-state index in [-0.39, 0.29) is 0 Å². The van der Waals surface area contributed by atoms with Crippen LogP contribution in [0.25, 0.3) is 0 Å². The Morgan fingerprint density at radius 2 is 1.83 bits per heavy atom. The van der Waals surface area contributed by atoms with E-state index in [0.29, 0.717) is 0 Å². The van der Waals surface area contributed by atoms with E-state index < -0.39 is 6.10 Å². The number of aromatic nitrogens is 2. The molecule has 3 heteroatoms. The van der Waals surface area contributed by atoms with Crippen molar-refractivity contribution < 1.29 is 5.11 Å². The molecular formula is C15H20N2O. The number of aliphatic hydroxyl groups excluding tert-OH is 1. The fraction of sp³-hybridized carbons (Fsp3) is 0.400. The first-order valence-electron chi connectivity index (χ1n) is 6.35. The van der Waals surface area contributed by atoms with Crippen molar-refractivity contribution in [3.05, 3.63) is 52.3 Å². The first-order chi connectivity index (χ1) is 8.58. The smallest absolute Gasteiger partial charge is 0.0761 e. The lowest BCUT2D eigenvalue weighted by Crippen LogP contribution is -1.96. The van der Waals surface area contributed by atoms with E-state index in [9.17, 15) is 5.11 Å². The lowest BCUT2D eigenvalue weighted by atomic mass is 10.0. The van der Waals surface area contributed by atoms with Gasteiger partial charge in [-0.05, 0) is 50.3 Å². The normalized spacial score (nSPS) is 12.7. The summed E-state index contributed by atoms with van der Waals surface area (Å²) < 4.78 is 0. The van der Waals surface area contributed by atoms with Crippen LogP contribution in [0.2, 0.25) is 0 Å². The van der Waals surface area contributed by atoms with E-state index in [1.54, 1.807) is 6.92 Å². The highest BCUT2D eigenvalue weighted by atomic mass is 16.3. The second-order valence-electron chi connectivity index (χ2n) is 4.83. The van der Waals surface area contributed by atoms with Crippen molar-refractivity contribution in [1.82, 2.24) is 10.2 Å². The van der Waals surface area contributed by atoms with Crippen molar-refractivity contribution in [2.45, 2.75) is 39.7 Å². The van der Waals surface area contributed by atoms with Crippen LogP contribution in [0.15, 0.2) is 24.3 Å². The molecule has 1 atom stereocenters. The molecule has 0 saturated carbocycles. The fourth-order valence-corrected chi connectivity index (χ4v) is 2.17. The molecule has 0 amide bonds. The highest BCUT2D eigenvalue weighted by molar-refractivity contribution is 5.27. The molecule has 0 aliphatic carbocycles. The molecule has 0 saturated heterocycles. The van der Waals surface area contributed by atoms with Crippen molar-refractivity contribution in [3.63, 3.8) is 0 Å². The van der Waals surface area contributed by atoms with E-state index >= 15 is 0 Å². The Hall–Kier alpha value is -1.61. The summed E-state index contributed by atoms with van der Waals surface area (Å²) >= 11 is 0. The van der Waals surface area contributed by atoms with Gasteiger partial charge in [-0.2, -0.15) is 5.10 Å². The number of hydrogen-bond donors (Lipinski definition) is 2. The van der Waals surface area contributed by atoms with Crippen LogP contribution in [0.5, 0.6) is 0 Å². The third kappa shape index (κ3) is 2.79. The van der Waals surface area contributed by atoms with Gasteiger partial charge in [-0.25, -0.2) is 0 Å². The Kier molecular flexibility index (Phi) is 3.82. The van der Waals surface area contributed by atoms with Crippen LogP contribution in [0.4, 0.5) is 0 Å². The molecule has 2 rings (SSSR count). The van der Waals surface area contributed by atoms with Gasteiger partial charge >= 0.3 is 0 Å². The molecule has 1 aromatic carbocycles. The van der Waals surface area contributed by atoms with Crippen LogP contribution in [-0.4, -0.2) is 15.3 Å². The van der Waals surface area contributed by atoms with Crippen molar-refractivity contribution >= 4 is 0 Å². The zero-order valence-electron chi connectivity index (χ0n) is 11.2. The van der Waals surface area contributed by atoms with Gasteiger partial charge in [-0.1, -0.05) is 24.3 Å². The molecule has 2 N–H and O–H groups in total. The number of hydrogen-bond acceptors (Lipinski definition) is 2.